The van der Waals surface area contributed by atoms with Gasteiger partial charge in [0.15, 0.2) is 0 Å². The lowest BCUT2D eigenvalue weighted by molar-refractivity contribution is 0.0967. The van der Waals surface area contributed by atoms with Gasteiger partial charge in [0.1, 0.15) is 5.82 Å². The summed E-state index contributed by atoms with van der Waals surface area (Å²) in [6.07, 6.45) is 0. The van der Waals surface area contributed by atoms with Gasteiger partial charge in [-0.1, -0.05) is 36.4 Å². The third-order valence-corrected chi connectivity index (χ3v) is 3.71. The molecule has 0 amide bonds. The molecule has 3 rings (SSSR count). The zero-order chi connectivity index (χ0) is 15.7. The van der Waals surface area contributed by atoms with Gasteiger partial charge in [-0.15, -0.1) is 0 Å². The molecule has 0 radical (unpaired) electrons. The Morgan fingerprint density at radius 2 is 1.68 bits per heavy atom. The van der Waals surface area contributed by atoms with E-state index < -0.39 is 0 Å². The number of aromatic nitrogens is 1. The van der Waals surface area contributed by atoms with E-state index in [2.05, 4.69) is 5.32 Å². The average Bonchev–Trinajstić information content (AvgIpc) is 2.89. The molecule has 0 aliphatic heterocycles. The molecule has 0 saturated heterocycles. The van der Waals surface area contributed by atoms with E-state index in [1.807, 2.05) is 42.5 Å². The molecule has 0 bridgehead atoms. The van der Waals surface area contributed by atoms with Gasteiger partial charge in [-0.25, -0.2) is 0 Å². The maximum absolute atomic E-state index is 12.9. The highest BCUT2D eigenvalue weighted by molar-refractivity contribution is 6.17. The van der Waals surface area contributed by atoms with Crippen molar-refractivity contribution in [2.75, 3.05) is 12.4 Å². The molecular formula is C18H17N3O. The molecule has 22 heavy (non-hydrogen) atoms. The van der Waals surface area contributed by atoms with Crippen molar-refractivity contribution in [3.05, 3.63) is 65.7 Å². The Bertz CT molecular complexity index is 863. The van der Waals surface area contributed by atoms with Crippen LogP contribution in [0.25, 0.3) is 10.9 Å². The van der Waals surface area contributed by atoms with Crippen LogP contribution in [0.1, 0.15) is 22.8 Å². The summed E-state index contributed by atoms with van der Waals surface area (Å²) in [5.74, 6) is 0.552. The van der Waals surface area contributed by atoms with Gasteiger partial charge in [0.2, 0.25) is 0 Å². The molecular weight excluding hydrogens is 274 g/mol. The number of fused-ring (bicyclic) bond motifs is 1. The second-order valence-corrected chi connectivity index (χ2v) is 5.12. The van der Waals surface area contributed by atoms with Crippen molar-refractivity contribution >= 4 is 28.3 Å². The molecule has 1 aromatic heterocycles. The molecule has 3 aromatic rings. The summed E-state index contributed by atoms with van der Waals surface area (Å²) in [6, 6.07) is 16.9. The number of nitrogens with zero attached hydrogens (tertiary/aromatic N) is 1. The maximum Gasteiger partial charge on any atom is 0.263 e. The van der Waals surface area contributed by atoms with Crippen LogP contribution in [0.4, 0.5) is 5.82 Å². The van der Waals surface area contributed by atoms with E-state index in [0.717, 1.165) is 16.5 Å². The third-order valence-electron chi connectivity index (χ3n) is 3.71. The summed E-state index contributed by atoms with van der Waals surface area (Å²) in [6.45, 7) is 1.74. The van der Waals surface area contributed by atoms with Crippen molar-refractivity contribution in [1.29, 1.82) is 5.41 Å². The Labute approximate surface area is 128 Å². The predicted octanol–water partition coefficient (Wildman–Crippen LogP) is 3.76. The number of carbonyl (C=O) groups is 1. The van der Waals surface area contributed by atoms with Crippen molar-refractivity contribution < 1.29 is 4.79 Å². The summed E-state index contributed by atoms with van der Waals surface area (Å²) >= 11 is 0. The summed E-state index contributed by atoms with van der Waals surface area (Å²) in [5.41, 5.74) is 2.62. The van der Waals surface area contributed by atoms with E-state index in [0.29, 0.717) is 17.1 Å². The first kappa shape index (κ1) is 14.1. The molecule has 1 heterocycles. The number of nitrogens with one attached hydrogen (secondary N) is 2. The standard InChI is InChI=1S/C18H17N3O/c1-12(19)16-14-10-6-7-11-15(14)21(17(16)20-2)18(22)13-8-4-3-5-9-13/h3-11,19-20H,1-2H3. The van der Waals surface area contributed by atoms with Crippen LogP contribution in [0.3, 0.4) is 0 Å². The largest absolute Gasteiger partial charge is 0.374 e. The second-order valence-electron chi connectivity index (χ2n) is 5.12. The SMILES string of the molecule is CNc1c(C(C)=N)c2ccccc2n1C(=O)c1ccccc1. The summed E-state index contributed by atoms with van der Waals surface area (Å²) in [7, 11) is 1.77. The molecule has 2 N–H and O–H groups in total. The van der Waals surface area contributed by atoms with Crippen LogP contribution in [-0.2, 0) is 0 Å². The molecule has 4 heteroatoms. The van der Waals surface area contributed by atoms with E-state index in [1.54, 1.807) is 30.7 Å². The lowest BCUT2D eigenvalue weighted by Gasteiger charge is -2.10. The topological polar surface area (TPSA) is 57.9 Å². The summed E-state index contributed by atoms with van der Waals surface area (Å²) in [5, 5.41) is 12.0. The molecule has 2 aromatic carbocycles. The lowest BCUT2D eigenvalue weighted by atomic mass is 10.1. The van der Waals surface area contributed by atoms with Gasteiger partial charge in [-0.05, 0) is 25.1 Å². The number of benzene rings is 2. The Kier molecular flexibility index (Phi) is 3.51. The summed E-state index contributed by atoms with van der Waals surface area (Å²) < 4.78 is 1.65. The average molecular weight is 291 g/mol. The molecule has 0 saturated carbocycles. The molecule has 0 unspecified atom stereocenters. The van der Waals surface area contributed by atoms with E-state index in [4.69, 9.17) is 5.41 Å². The minimum atomic E-state index is -0.103. The highest BCUT2D eigenvalue weighted by atomic mass is 16.2. The maximum atomic E-state index is 12.9. The van der Waals surface area contributed by atoms with E-state index in [1.165, 1.54) is 0 Å². The number of carbonyl (C=O) groups excluding carboxylic acids is 1. The fourth-order valence-corrected chi connectivity index (χ4v) is 2.78. The van der Waals surface area contributed by atoms with Crippen molar-refractivity contribution in [1.82, 2.24) is 4.57 Å². The first-order valence-corrected chi connectivity index (χ1v) is 7.11. The van der Waals surface area contributed by atoms with E-state index in [9.17, 15) is 4.79 Å². The fraction of sp³-hybridized carbons (Fsp3) is 0.111. The van der Waals surface area contributed by atoms with E-state index >= 15 is 0 Å². The van der Waals surface area contributed by atoms with Gasteiger partial charge in [0.25, 0.3) is 5.91 Å². The van der Waals surface area contributed by atoms with Crippen molar-refractivity contribution in [2.45, 2.75) is 6.92 Å². The highest BCUT2D eigenvalue weighted by Gasteiger charge is 2.22. The lowest BCUT2D eigenvalue weighted by Crippen LogP contribution is -2.15. The number of anilines is 1. The number of para-hydroxylation sites is 1. The zero-order valence-electron chi connectivity index (χ0n) is 12.6. The molecule has 4 nitrogen and oxygen atoms in total. The number of hydrogen-bond donors (Lipinski definition) is 2. The van der Waals surface area contributed by atoms with Gasteiger partial charge >= 0.3 is 0 Å². The zero-order valence-corrected chi connectivity index (χ0v) is 12.6. The fourth-order valence-electron chi connectivity index (χ4n) is 2.78. The Hall–Kier alpha value is -2.88. The molecule has 0 atom stereocenters. The van der Waals surface area contributed by atoms with Crippen LogP contribution >= 0.6 is 0 Å². The van der Waals surface area contributed by atoms with Crippen molar-refractivity contribution in [3.8, 4) is 0 Å². The van der Waals surface area contributed by atoms with Crippen LogP contribution in [0.2, 0.25) is 0 Å². The third kappa shape index (κ3) is 2.09. The summed E-state index contributed by atoms with van der Waals surface area (Å²) in [4.78, 5) is 12.9. The molecule has 0 aliphatic carbocycles. The van der Waals surface area contributed by atoms with Gasteiger partial charge in [-0.3, -0.25) is 9.36 Å². The molecule has 0 aliphatic rings. The van der Waals surface area contributed by atoms with Crippen LogP contribution in [0, 0.1) is 5.41 Å². The van der Waals surface area contributed by atoms with Crippen molar-refractivity contribution in [2.24, 2.45) is 0 Å². The van der Waals surface area contributed by atoms with Gasteiger partial charge in [0, 0.05) is 29.3 Å². The highest BCUT2D eigenvalue weighted by Crippen LogP contribution is 2.31. The van der Waals surface area contributed by atoms with E-state index in [-0.39, 0.29) is 5.91 Å². The Morgan fingerprint density at radius 3 is 2.32 bits per heavy atom. The van der Waals surface area contributed by atoms with Gasteiger partial charge in [-0.2, -0.15) is 0 Å². The molecule has 0 fully saturated rings. The Morgan fingerprint density at radius 1 is 1.05 bits per heavy atom. The minimum Gasteiger partial charge on any atom is -0.374 e. The van der Waals surface area contributed by atoms with Crippen LogP contribution in [0.15, 0.2) is 54.6 Å². The van der Waals surface area contributed by atoms with Gasteiger partial charge < -0.3 is 10.7 Å². The van der Waals surface area contributed by atoms with Crippen molar-refractivity contribution in [3.63, 3.8) is 0 Å². The molecule has 110 valence electrons. The van der Waals surface area contributed by atoms with Gasteiger partial charge in [0.05, 0.1) is 5.52 Å². The monoisotopic (exact) mass is 291 g/mol. The first-order chi connectivity index (χ1) is 10.6. The van der Waals surface area contributed by atoms with Crippen LogP contribution in [-0.4, -0.2) is 23.2 Å². The number of rotatable bonds is 3. The minimum absolute atomic E-state index is 0.103. The molecule has 0 spiro atoms. The smallest absolute Gasteiger partial charge is 0.263 e. The van der Waals surface area contributed by atoms with Crippen LogP contribution < -0.4 is 5.32 Å². The first-order valence-electron chi connectivity index (χ1n) is 7.11. The predicted molar refractivity (Wildman–Crippen MR) is 90.2 cm³/mol. The normalized spacial score (nSPS) is 10.6. The quantitative estimate of drug-likeness (QED) is 0.722. The second kappa shape index (κ2) is 5.48. The number of hydrogen-bond acceptors (Lipinski definition) is 3. The Balaban J connectivity index is 2.34. The van der Waals surface area contributed by atoms with Crippen LogP contribution in [0.5, 0.6) is 0 Å².